The zero-order chi connectivity index (χ0) is 13.5. The first-order valence-electron chi connectivity index (χ1n) is 7.66. The van der Waals surface area contributed by atoms with Crippen molar-refractivity contribution in [2.45, 2.75) is 52.1 Å². The molecule has 1 N–H and O–H groups in total. The number of likely N-dealkylation sites (tertiary alicyclic amines) is 1. The SMILES string of the molecule is CCN1CCC(C(C)NC(C)CCN(C)C)CC1. The smallest absolute Gasteiger partial charge is 0.00704 e. The number of hydrogen-bond donors (Lipinski definition) is 1. The van der Waals surface area contributed by atoms with E-state index >= 15 is 0 Å². The third kappa shape index (κ3) is 5.68. The summed E-state index contributed by atoms with van der Waals surface area (Å²) < 4.78 is 0. The average molecular weight is 255 g/mol. The Morgan fingerprint density at radius 3 is 2.33 bits per heavy atom. The van der Waals surface area contributed by atoms with E-state index in [1.165, 1.54) is 45.4 Å². The van der Waals surface area contributed by atoms with Gasteiger partial charge in [0.1, 0.15) is 0 Å². The molecule has 18 heavy (non-hydrogen) atoms. The van der Waals surface area contributed by atoms with Gasteiger partial charge in [0.2, 0.25) is 0 Å². The lowest BCUT2D eigenvalue weighted by atomic mass is 9.90. The van der Waals surface area contributed by atoms with Crippen LogP contribution in [0.4, 0.5) is 0 Å². The van der Waals surface area contributed by atoms with Gasteiger partial charge in [0.25, 0.3) is 0 Å². The minimum absolute atomic E-state index is 0.631. The van der Waals surface area contributed by atoms with Crippen LogP contribution in [0.5, 0.6) is 0 Å². The molecular formula is C15H33N3. The van der Waals surface area contributed by atoms with E-state index in [9.17, 15) is 0 Å². The second kappa shape index (κ2) is 8.13. The van der Waals surface area contributed by atoms with Crippen LogP contribution in [0.15, 0.2) is 0 Å². The predicted octanol–water partition coefficient (Wildman–Crippen LogP) is 2.04. The summed E-state index contributed by atoms with van der Waals surface area (Å²) in [6.45, 7) is 11.9. The largest absolute Gasteiger partial charge is 0.311 e. The summed E-state index contributed by atoms with van der Waals surface area (Å²) in [7, 11) is 4.30. The predicted molar refractivity (Wildman–Crippen MR) is 80.1 cm³/mol. The van der Waals surface area contributed by atoms with Crippen LogP contribution in [0.1, 0.15) is 40.0 Å². The van der Waals surface area contributed by atoms with Crippen LogP contribution in [0.2, 0.25) is 0 Å². The Labute approximate surface area is 114 Å². The fraction of sp³-hybridized carbons (Fsp3) is 1.00. The fourth-order valence-corrected chi connectivity index (χ4v) is 2.89. The van der Waals surface area contributed by atoms with Gasteiger partial charge in [-0.3, -0.25) is 0 Å². The molecule has 1 aliphatic rings. The lowest BCUT2D eigenvalue weighted by molar-refractivity contribution is 0.163. The van der Waals surface area contributed by atoms with Crippen molar-refractivity contribution >= 4 is 0 Å². The second-order valence-electron chi connectivity index (χ2n) is 6.22. The Morgan fingerprint density at radius 1 is 1.22 bits per heavy atom. The van der Waals surface area contributed by atoms with Crippen molar-refractivity contribution < 1.29 is 0 Å². The molecule has 1 heterocycles. The third-order valence-corrected chi connectivity index (χ3v) is 4.34. The first kappa shape index (κ1) is 15.9. The van der Waals surface area contributed by atoms with Crippen LogP contribution in [-0.2, 0) is 0 Å². The lowest BCUT2D eigenvalue weighted by Crippen LogP contribution is -2.45. The zero-order valence-electron chi connectivity index (χ0n) is 13.1. The van der Waals surface area contributed by atoms with Crippen LogP contribution in [0.25, 0.3) is 0 Å². The first-order chi connectivity index (χ1) is 8.52. The van der Waals surface area contributed by atoms with Gasteiger partial charge in [-0.1, -0.05) is 6.92 Å². The Morgan fingerprint density at radius 2 is 1.83 bits per heavy atom. The van der Waals surface area contributed by atoms with Crippen molar-refractivity contribution in [3.63, 3.8) is 0 Å². The molecule has 2 atom stereocenters. The van der Waals surface area contributed by atoms with Gasteiger partial charge in [0.15, 0.2) is 0 Å². The van der Waals surface area contributed by atoms with Crippen molar-refractivity contribution in [1.29, 1.82) is 0 Å². The molecule has 1 saturated heterocycles. The molecule has 0 aromatic heterocycles. The summed E-state index contributed by atoms with van der Waals surface area (Å²) in [5.74, 6) is 0.870. The minimum Gasteiger partial charge on any atom is -0.311 e. The van der Waals surface area contributed by atoms with Crippen LogP contribution >= 0.6 is 0 Å². The number of rotatable bonds is 7. The van der Waals surface area contributed by atoms with E-state index < -0.39 is 0 Å². The molecule has 0 radical (unpaired) electrons. The van der Waals surface area contributed by atoms with Gasteiger partial charge in [0.05, 0.1) is 0 Å². The van der Waals surface area contributed by atoms with E-state index in [1.807, 2.05) is 0 Å². The van der Waals surface area contributed by atoms with Crippen LogP contribution < -0.4 is 5.32 Å². The van der Waals surface area contributed by atoms with Crippen molar-refractivity contribution in [1.82, 2.24) is 15.1 Å². The normalized spacial score (nSPS) is 22.3. The molecule has 0 aromatic rings. The maximum atomic E-state index is 3.79. The van der Waals surface area contributed by atoms with E-state index in [0.717, 1.165) is 5.92 Å². The highest BCUT2D eigenvalue weighted by Gasteiger charge is 2.23. The van der Waals surface area contributed by atoms with E-state index in [-0.39, 0.29) is 0 Å². The number of hydrogen-bond acceptors (Lipinski definition) is 3. The standard InChI is InChI=1S/C15H33N3/c1-6-18-11-8-15(9-12-18)14(3)16-13(2)7-10-17(4)5/h13-16H,6-12H2,1-5H3. The summed E-state index contributed by atoms with van der Waals surface area (Å²) >= 11 is 0. The summed E-state index contributed by atoms with van der Waals surface area (Å²) in [5, 5.41) is 3.79. The highest BCUT2D eigenvalue weighted by Crippen LogP contribution is 2.20. The topological polar surface area (TPSA) is 18.5 Å². The Balaban J connectivity index is 2.22. The molecule has 0 spiro atoms. The quantitative estimate of drug-likeness (QED) is 0.751. The second-order valence-corrected chi connectivity index (χ2v) is 6.22. The van der Waals surface area contributed by atoms with Crippen molar-refractivity contribution in [3.8, 4) is 0 Å². The maximum absolute atomic E-state index is 3.79. The van der Waals surface area contributed by atoms with E-state index in [0.29, 0.717) is 12.1 Å². The monoisotopic (exact) mass is 255 g/mol. The summed E-state index contributed by atoms with van der Waals surface area (Å²) in [5.41, 5.74) is 0. The Kier molecular flexibility index (Phi) is 7.20. The van der Waals surface area contributed by atoms with Gasteiger partial charge < -0.3 is 15.1 Å². The molecule has 1 aliphatic heterocycles. The van der Waals surface area contributed by atoms with Gasteiger partial charge >= 0.3 is 0 Å². The zero-order valence-corrected chi connectivity index (χ0v) is 13.1. The number of piperidine rings is 1. The molecular weight excluding hydrogens is 222 g/mol. The van der Waals surface area contributed by atoms with Crippen molar-refractivity contribution in [3.05, 3.63) is 0 Å². The summed E-state index contributed by atoms with van der Waals surface area (Å²) in [6, 6.07) is 1.30. The van der Waals surface area contributed by atoms with Gasteiger partial charge in [-0.05, 0) is 79.3 Å². The van der Waals surface area contributed by atoms with Crippen molar-refractivity contribution in [2.75, 3.05) is 40.3 Å². The maximum Gasteiger partial charge on any atom is 0.00704 e. The minimum atomic E-state index is 0.631. The van der Waals surface area contributed by atoms with Gasteiger partial charge in [-0.2, -0.15) is 0 Å². The molecule has 1 fully saturated rings. The van der Waals surface area contributed by atoms with Gasteiger partial charge in [0, 0.05) is 12.1 Å². The molecule has 1 rings (SSSR count). The highest BCUT2D eigenvalue weighted by atomic mass is 15.1. The van der Waals surface area contributed by atoms with Gasteiger partial charge in [-0.15, -0.1) is 0 Å². The Bertz CT molecular complexity index is 210. The molecule has 0 aliphatic carbocycles. The third-order valence-electron chi connectivity index (χ3n) is 4.34. The molecule has 108 valence electrons. The van der Waals surface area contributed by atoms with Crippen LogP contribution in [0, 0.1) is 5.92 Å². The molecule has 3 nitrogen and oxygen atoms in total. The fourth-order valence-electron chi connectivity index (χ4n) is 2.89. The molecule has 0 amide bonds. The molecule has 0 bridgehead atoms. The molecule has 3 heteroatoms. The molecule has 2 unspecified atom stereocenters. The number of nitrogens with one attached hydrogen (secondary N) is 1. The van der Waals surface area contributed by atoms with Crippen LogP contribution in [-0.4, -0.2) is 62.2 Å². The van der Waals surface area contributed by atoms with Crippen LogP contribution in [0.3, 0.4) is 0 Å². The van der Waals surface area contributed by atoms with E-state index in [2.05, 4.69) is 50.0 Å². The van der Waals surface area contributed by atoms with E-state index in [4.69, 9.17) is 0 Å². The first-order valence-corrected chi connectivity index (χ1v) is 7.66. The average Bonchev–Trinajstić information content (AvgIpc) is 2.36. The van der Waals surface area contributed by atoms with Crippen molar-refractivity contribution in [2.24, 2.45) is 5.92 Å². The Hall–Kier alpha value is -0.120. The number of nitrogens with zero attached hydrogens (tertiary/aromatic N) is 2. The lowest BCUT2D eigenvalue weighted by Gasteiger charge is -2.35. The molecule has 0 saturated carbocycles. The molecule has 0 aromatic carbocycles. The summed E-state index contributed by atoms with van der Waals surface area (Å²) in [6.07, 6.45) is 3.97. The highest BCUT2D eigenvalue weighted by molar-refractivity contribution is 4.81. The van der Waals surface area contributed by atoms with E-state index in [1.54, 1.807) is 0 Å². The summed E-state index contributed by atoms with van der Waals surface area (Å²) in [4.78, 5) is 4.83. The van der Waals surface area contributed by atoms with Gasteiger partial charge in [-0.25, -0.2) is 0 Å².